The first-order valence-electron chi connectivity index (χ1n) is 8.87. The molecule has 1 saturated carbocycles. The summed E-state index contributed by atoms with van der Waals surface area (Å²) < 4.78 is 0. The van der Waals surface area contributed by atoms with E-state index in [4.69, 9.17) is 0 Å². The molecular formula is C20H25N3O. The quantitative estimate of drug-likeness (QED) is 0.764. The highest BCUT2D eigenvalue weighted by Crippen LogP contribution is 2.33. The number of nitrogens with zero attached hydrogens (tertiary/aromatic N) is 3. The van der Waals surface area contributed by atoms with Crippen LogP contribution in [0, 0.1) is 6.92 Å². The minimum atomic E-state index is 0.569. The maximum atomic E-state index is 11.6. The van der Waals surface area contributed by atoms with Crippen LogP contribution in [-0.2, 0) is 0 Å². The lowest BCUT2D eigenvalue weighted by Gasteiger charge is -2.36. The van der Waals surface area contributed by atoms with Gasteiger partial charge in [-0.2, -0.15) is 0 Å². The van der Waals surface area contributed by atoms with Crippen LogP contribution in [0.3, 0.4) is 0 Å². The number of hydrogen-bond acceptors (Lipinski definition) is 4. The fourth-order valence-corrected chi connectivity index (χ4v) is 3.76. The molecule has 0 aliphatic heterocycles. The predicted molar refractivity (Wildman–Crippen MR) is 97.5 cm³/mol. The summed E-state index contributed by atoms with van der Waals surface area (Å²) in [5, 5.41) is 0. The van der Waals surface area contributed by atoms with Gasteiger partial charge in [-0.15, -0.1) is 0 Å². The number of rotatable bonds is 5. The van der Waals surface area contributed by atoms with Gasteiger partial charge in [-0.25, -0.2) is 0 Å². The Balaban J connectivity index is 2.06. The van der Waals surface area contributed by atoms with Crippen molar-refractivity contribution in [2.45, 2.75) is 52.0 Å². The van der Waals surface area contributed by atoms with Crippen LogP contribution < -0.4 is 4.90 Å². The highest BCUT2D eigenvalue weighted by atomic mass is 16.1. The maximum absolute atomic E-state index is 11.6. The molecule has 0 unspecified atom stereocenters. The Morgan fingerprint density at radius 3 is 2.62 bits per heavy atom. The fourth-order valence-electron chi connectivity index (χ4n) is 3.76. The van der Waals surface area contributed by atoms with Crippen molar-refractivity contribution in [2.75, 3.05) is 11.4 Å². The van der Waals surface area contributed by atoms with Crippen LogP contribution in [0.25, 0.3) is 11.3 Å². The largest absolute Gasteiger partial charge is 0.369 e. The number of benzene rings is 1. The van der Waals surface area contributed by atoms with E-state index in [1.54, 1.807) is 18.6 Å². The van der Waals surface area contributed by atoms with Crippen LogP contribution in [0.2, 0.25) is 0 Å². The van der Waals surface area contributed by atoms with E-state index >= 15 is 0 Å². The van der Waals surface area contributed by atoms with E-state index < -0.39 is 0 Å². The molecule has 2 aromatic rings. The van der Waals surface area contributed by atoms with Crippen LogP contribution in [0.5, 0.6) is 0 Å². The maximum Gasteiger partial charge on any atom is 0.150 e. The smallest absolute Gasteiger partial charge is 0.150 e. The van der Waals surface area contributed by atoms with Crippen LogP contribution in [0.4, 0.5) is 5.69 Å². The summed E-state index contributed by atoms with van der Waals surface area (Å²) in [7, 11) is 0. The molecule has 24 heavy (non-hydrogen) atoms. The molecule has 126 valence electrons. The van der Waals surface area contributed by atoms with Gasteiger partial charge in [-0.3, -0.25) is 14.8 Å². The van der Waals surface area contributed by atoms with Gasteiger partial charge in [0.2, 0.25) is 0 Å². The lowest BCUT2D eigenvalue weighted by Crippen LogP contribution is -2.37. The van der Waals surface area contributed by atoms with Crippen LogP contribution >= 0.6 is 0 Å². The minimum Gasteiger partial charge on any atom is -0.369 e. The van der Waals surface area contributed by atoms with Gasteiger partial charge in [0.05, 0.1) is 11.9 Å². The predicted octanol–water partition coefficient (Wildman–Crippen LogP) is 4.42. The van der Waals surface area contributed by atoms with Gasteiger partial charge in [0.15, 0.2) is 0 Å². The molecule has 4 heteroatoms. The van der Waals surface area contributed by atoms with Crippen molar-refractivity contribution < 1.29 is 4.79 Å². The summed E-state index contributed by atoms with van der Waals surface area (Å²) in [6.45, 7) is 5.20. The average molecular weight is 323 g/mol. The van der Waals surface area contributed by atoms with E-state index in [9.17, 15) is 4.79 Å². The number of hydrogen-bond donors (Lipinski definition) is 0. The van der Waals surface area contributed by atoms with E-state index in [-0.39, 0.29) is 0 Å². The first kappa shape index (κ1) is 16.6. The van der Waals surface area contributed by atoms with Gasteiger partial charge in [0, 0.05) is 41.8 Å². The molecule has 1 aliphatic rings. The van der Waals surface area contributed by atoms with Crippen molar-refractivity contribution in [2.24, 2.45) is 0 Å². The van der Waals surface area contributed by atoms with E-state index in [1.807, 2.05) is 13.0 Å². The van der Waals surface area contributed by atoms with Gasteiger partial charge < -0.3 is 4.90 Å². The van der Waals surface area contributed by atoms with E-state index in [0.29, 0.717) is 6.04 Å². The van der Waals surface area contributed by atoms with Gasteiger partial charge in [-0.05, 0) is 44.4 Å². The molecule has 1 aromatic carbocycles. The Labute approximate surface area is 143 Å². The Hall–Kier alpha value is -2.23. The van der Waals surface area contributed by atoms with Crippen molar-refractivity contribution in [3.05, 3.63) is 41.9 Å². The zero-order chi connectivity index (χ0) is 16.9. The standard InChI is InChI=1S/C20H25N3O/c1-3-23(18-7-5-4-6-8-18)20-12-16(11-17(14-24)15(20)2)19-13-21-9-10-22-19/h9-14,18H,3-8H2,1-2H3. The lowest BCUT2D eigenvalue weighted by atomic mass is 9.92. The lowest BCUT2D eigenvalue weighted by molar-refractivity contribution is 0.112. The number of aldehydes is 1. The summed E-state index contributed by atoms with van der Waals surface area (Å²) in [5.74, 6) is 0. The fraction of sp³-hybridized carbons (Fsp3) is 0.450. The van der Waals surface area contributed by atoms with Gasteiger partial charge >= 0.3 is 0 Å². The first-order valence-corrected chi connectivity index (χ1v) is 8.87. The molecule has 0 amide bonds. The Kier molecular flexibility index (Phi) is 5.24. The summed E-state index contributed by atoms with van der Waals surface area (Å²) in [5.41, 5.74) is 4.73. The van der Waals surface area contributed by atoms with Crippen molar-refractivity contribution in [1.82, 2.24) is 9.97 Å². The van der Waals surface area contributed by atoms with Crippen molar-refractivity contribution in [3.63, 3.8) is 0 Å². The summed E-state index contributed by atoms with van der Waals surface area (Å²) in [4.78, 5) is 22.6. The Morgan fingerprint density at radius 1 is 1.21 bits per heavy atom. The second-order valence-electron chi connectivity index (χ2n) is 6.50. The highest BCUT2D eigenvalue weighted by molar-refractivity contribution is 5.85. The third kappa shape index (κ3) is 3.32. The molecule has 0 atom stereocenters. The molecule has 0 N–H and O–H groups in total. The van der Waals surface area contributed by atoms with Gasteiger partial charge in [0.25, 0.3) is 0 Å². The summed E-state index contributed by atoms with van der Waals surface area (Å²) >= 11 is 0. The first-order chi connectivity index (χ1) is 11.7. The number of aromatic nitrogens is 2. The minimum absolute atomic E-state index is 0.569. The summed E-state index contributed by atoms with van der Waals surface area (Å²) in [6, 6.07) is 4.66. The normalized spacial score (nSPS) is 15.2. The molecule has 1 fully saturated rings. The van der Waals surface area contributed by atoms with Crippen LogP contribution in [0.15, 0.2) is 30.7 Å². The van der Waals surface area contributed by atoms with Crippen LogP contribution in [0.1, 0.15) is 54.9 Å². The molecule has 0 saturated heterocycles. The number of carbonyl (C=O) groups excluding carboxylic acids is 1. The zero-order valence-corrected chi connectivity index (χ0v) is 14.5. The van der Waals surface area contributed by atoms with E-state index in [0.717, 1.165) is 40.9 Å². The van der Waals surface area contributed by atoms with Crippen molar-refractivity contribution in [3.8, 4) is 11.3 Å². The topological polar surface area (TPSA) is 46.1 Å². The van der Waals surface area contributed by atoms with Gasteiger partial charge in [-0.1, -0.05) is 19.3 Å². The molecule has 3 rings (SSSR count). The van der Waals surface area contributed by atoms with Crippen LogP contribution in [-0.4, -0.2) is 28.8 Å². The SMILES string of the molecule is CCN(c1cc(-c2cnccn2)cc(C=O)c1C)C1CCCCC1. The molecule has 4 nitrogen and oxygen atoms in total. The molecule has 1 aromatic heterocycles. The highest BCUT2D eigenvalue weighted by Gasteiger charge is 2.23. The van der Waals surface area contributed by atoms with Crippen molar-refractivity contribution >= 4 is 12.0 Å². The average Bonchev–Trinajstić information content (AvgIpc) is 2.65. The third-order valence-corrected chi connectivity index (χ3v) is 5.07. The number of anilines is 1. The van der Waals surface area contributed by atoms with E-state index in [2.05, 4.69) is 27.9 Å². The third-order valence-electron chi connectivity index (χ3n) is 5.07. The molecule has 0 radical (unpaired) electrons. The Bertz CT molecular complexity index is 694. The Morgan fingerprint density at radius 2 is 2.00 bits per heavy atom. The van der Waals surface area contributed by atoms with Crippen molar-refractivity contribution in [1.29, 1.82) is 0 Å². The summed E-state index contributed by atoms with van der Waals surface area (Å²) in [6.07, 6.45) is 12.5. The molecule has 0 bridgehead atoms. The van der Waals surface area contributed by atoms with E-state index in [1.165, 1.54) is 32.1 Å². The van der Waals surface area contributed by atoms with Gasteiger partial charge in [0.1, 0.15) is 6.29 Å². The molecule has 0 spiro atoms. The molecule has 1 aliphatic carbocycles. The second-order valence-corrected chi connectivity index (χ2v) is 6.50. The second kappa shape index (κ2) is 7.56. The molecule has 1 heterocycles. The monoisotopic (exact) mass is 323 g/mol. The zero-order valence-electron chi connectivity index (χ0n) is 14.5. The molecular weight excluding hydrogens is 298 g/mol. The number of carbonyl (C=O) groups is 1.